The van der Waals surface area contributed by atoms with Crippen LogP contribution in [0.1, 0.15) is 26.6 Å². The first-order valence-corrected chi connectivity index (χ1v) is 4.05. The van der Waals surface area contributed by atoms with E-state index in [1.54, 1.807) is 0 Å². The van der Waals surface area contributed by atoms with Gasteiger partial charge in [-0.2, -0.15) is 5.10 Å². The molecule has 0 unspecified atom stereocenters. The molecule has 1 N–H and O–H groups in total. The van der Waals surface area contributed by atoms with Gasteiger partial charge in [0, 0.05) is 12.1 Å². The molecule has 13 heavy (non-hydrogen) atoms. The molecule has 1 heterocycles. The second-order valence-electron chi connectivity index (χ2n) is 2.66. The lowest BCUT2D eigenvalue weighted by molar-refractivity contribution is 0.771. The van der Waals surface area contributed by atoms with Crippen molar-refractivity contribution in [3.8, 4) is 0 Å². The highest BCUT2D eigenvalue weighted by molar-refractivity contribution is 5.79. The van der Waals surface area contributed by atoms with Gasteiger partial charge in [0.25, 0.3) is 5.95 Å². The Labute approximate surface area is 76.5 Å². The van der Waals surface area contributed by atoms with E-state index in [0.29, 0.717) is 11.8 Å². The van der Waals surface area contributed by atoms with Crippen molar-refractivity contribution in [2.45, 2.75) is 27.2 Å². The Morgan fingerprint density at radius 1 is 1.23 bits per heavy atom. The van der Waals surface area contributed by atoms with E-state index in [2.05, 4.69) is 30.9 Å². The first-order chi connectivity index (χ1) is 6.22. The summed E-state index contributed by atoms with van der Waals surface area (Å²) in [5.41, 5.74) is 3.53. The van der Waals surface area contributed by atoms with Gasteiger partial charge in [-0.25, -0.2) is 5.43 Å². The molecule has 0 aliphatic rings. The van der Waals surface area contributed by atoms with Crippen LogP contribution in [0.5, 0.6) is 0 Å². The van der Waals surface area contributed by atoms with Crippen LogP contribution >= 0.6 is 0 Å². The summed E-state index contributed by atoms with van der Waals surface area (Å²) >= 11 is 0. The second kappa shape index (κ2) is 4.44. The van der Waals surface area contributed by atoms with Crippen molar-refractivity contribution in [3.05, 3.63) is 5.82 Å². The van der Waals surface area contributed by atoms with Crippen LogP contribution < -0.4 is 5.43 Å². The van der Waals surface area contributed by atoms with Gasteiger partial charge in [-0.15, -0.1) is 20.4 Å². The number of nitrogens with one attached hydrogen (secondary N) is 1. The highest BCUT2D eigenvalue weighted by atomic mass is 15.4. The molecule has 0 atom stereocenters. The molecular weight excluding hydrogens is 168 g/mol. The van der Waals surface area contributed by atoms with Crippen LogP contribution in [0.4, 0.5) is 5.95 Å². The van der Waals surface area contributed by atoms with Gasteiger partial charge in [-0.3, -0.25) is 0 Å². The molecule has 70 valence electrons. The summed E-state index contributed by atoms with van der Waals surface area (Å²) in [6.07, 6.45) is 0.732. The maximum atomic E-state index is 3.91. The number of aromatic nitrogens is 4. The van der Waals surface area contributed by atoms with E-state index in [9.17, 15) is 0 Å². The summed E-state index contributed by atoms with van der Waals surface area (Å²) in [4.78, 5) is 0. The van der Waals surface area contributed by atoms with Crippen molar-refractivity contribution >= 4 is 11.7 Å². The molecule has 0 fully saturated rings. The fourth-order valence-corrected chi connectivity index (χ4v) is 0.598. The fourth-order valence-electron chi connectivity index (χ4n) is 0.598. The summed E-state index contributed by atoms with van der Waals surface area (Å²) in [7, 11) is 0. The summed E-state index contributed by atoms with van der Waals surface area (Å²) < 4.78 is 0. The van der Waals surface area contributed by atoms with Crippen LogP contribution in [0.2, 0.25) is 0 Å². The number of anilines is 1. The van der Waals surface area contributed by atoms with Gasteiger partial charge < -0.3 is 0 Å². The van der Waals surface area contributed by atoms with Crippen molar-refractivity contribution in [3.63, 3.8) is 0 Å². The Kier molecular flexibility index (Phi) is 3.24. The van der Waals surface area contributed by atoms with Crippen molar-refractivity contribution in [2.75, 3.05) is 5.43 Å². The average molecular weight is 180 g/mol. The van der Waals surface area contributed by atoms with Crippen LogP contribution in [0.15, 0.2) is 5.10 Å². The SMILES string of the molecule is CCc1nnc(NN=C(C)C)nn1. The minimum Gasteiger partial charge on any atom is -0.243 e. The molecule has 0 aliphatic carbocycles. The van der Waals surface area contributed by atoms with Gasteiger partial charge >= 0.3 is 0 Å². The first-order valence-electron chi connectivity index (χ1n) is 4.05. The quantitative estimate of drug-likeness (QED) is 0.545. The van der Waals surface area contributed by atoms with E-state index in [4.69, 9.17) is 0 Å². The van der Waals surface area contributed by atoms with Gasteiger partial charge in [-0.05, 0) is 13.8 Å². The Balaban J connectivity index is 2.64. The van der Waals surface area contributed by atoms with Crippen molar-refractivity contribution < 1.29 is 0 Å². The molecule has 1 aromatic heterocycles. The molecule has 6 nitrogen and oxygen atoms in total. The monoisotopic (exact) mass is 180 g/mol. The van der Waals surface area contributed by atoms with Crippen molar-refractivity contribution in [1.29, 1.82) is 0 Å². The Bertz CT molecular complexity index is 286. The number of hydrazone groups is 1. The highest BCUT2D eigenvalue weighted by Gasteiger charge is 1.96. The van der Waals surface area contributed by atoms with E-state index >= 15 is 0 Å². The standard InChI is InChI=1S/C7H12N6/c1-4-6-9-12-7(13-10-6)11-8-5(2)3/h4H2,1-3H3,(H,11,12,13). The molecule has 0 spiro atoms. The summed E-state index contributed by atoms with van der Waals surface area (Å²) in [5.74, 6) is 0.946. The van der Waals surface area contributed by atoms with E-state index in [-0.39, 0.29) is 0 Å². The third-order valence-corrected chi connectivity index (χ3v) is 1.22. The Morgan fingerprint density at radius 2 is 1.85 bits per heavy atom. The van der Waals surface area contributed by atoms with Crippen LogP contribution in [-0.4, -0.2) is 26.1 Å². The zero-order valence-electron chi connectivity index (χ0n) is 7.94. The lowest BCUT2D eigenvalue weighted by Crippen LogP contribution is -2.04. The molecular formula is C7H12N6. The van der Waals surface area contributed by atoms with E-state index in [1.807, 2.05) is 20.8 Å². The second-order valence-corrected chi connectivity index (χ2v) is 2.66. The van der Waals surface area contributed by atoms with Crippen LogP contribution in [0, 0.1) is 0 Å². The summed E-state index contributed by atoms with van der Waals surface area (Å²) in [6.45, 7) is 5.68. The molecule has 1 rings (SSSR count). The molecule has 0 aromatic carbocycles. The lowest BCUT2D eigenvalue weighted by atomic mass is 10.5. The molecule has 0 aliphatic heterocycles. The number of aryl methyl sites for hydroxylation is 1. The molecule has 0 radical (unpaired) electrons. The minimum atomic E-state index is 0.318. The maximum absolute atomic E-state index is 3.91. The Hall–Kier alpha value is -1.59. The minimum absolute atomic E-state index is 0.318. The maximum Gasteiger partial charge on any atom is 0.282 e. The predicted molar refractivity (Wildman–Crippen MR) is 49.4 cm³/mol. The number of hydrogen-bond acceptors (Lipinski definition) is 6. The summed E-state index contributed by atoms with van der Waals surface area (Å²) in [5, 5.41) is 19.1. The van der Waals surface area contributed by atoms with Gasteiger partial charge in [0.05, 0.1) is 0 Å². The number of rotatable bonds is 3. The fraction of sp³-hybridized carbons (Fsp3) is 0.571. The average Bonchev–Trinajstić information content (AvgIpc) is 2.15. The lowest BCUT2D eigenvalue weighted by Gasteiger charge is -1.96. The number of nitrogens with zero attached hydrogens (tertiary/aromatic N) is 5. The van der Waals surface area contributed by atoms with E-state index in [1.165, 1.54) is 0 Å². The molecule has 0 amide bonds. The smallest absolute Gasteiger partial charge is 0.243 e. The summed E-state index contributed by atoms with van der Waals surface area (Å²) in [6, 6.07) is 0. The number of hydrogen-bond donors (Lipinski definition) is 1. The van der Waals surface area contributed by atoms with Gasteiger partial charge in [0.2, 0.25) is 0 Å². The molecule has 0 saturated carbocycles. The molecule has 0 saturated heterocycles. The Morgan fingerprint density at radius 3 is 2.31 bits per heavy atom. The largest absolute Gasteiger partial charge is 0.282 e. The topological polar surface area (TPSA) is 76.0 Å². The van der Waals surface area contributed by atoms with E-state index < -0.39 is 0 Å². The van der Waals surface area contributed by atoms with Crippen molar-refractivity contribution in [1.82, 2.24) is 20.4 Å². The zero-order valence-corrected chi connectivity index (χ0v) is 7.94. The highest BCUT2D eigenvalue weighted by Crippen LogP contribution is 1.93. The van der Waals surface area contributed by atoms with Gasteiger partial charge in [0.15, 0.2) is 5.82 Å². The van der Waals surface area contributed by atoms with Crippen LogP contribution in [0.3, 0.4) is 0 Å². The third kappa shape index (κ3) is 3.10. The third-order valence-electron chi connectivity index (χ3n) is 1.22. The van der Waals surface area contributed by atoms with Gasteiger partial charge in [0.1, 0.15) is 0 Å². The predicted octanol–water partition coefficient (Wildman–Crippen LogP) is 0.637. The van der Waals surface area contributed by atoms with Gasteiger partial charge in [-0.1, -0.05) is 6.92 Å². The first kappa shape index (κ1) is 9.50. The van der Waals surface area contributed by atoms with Crippen LogP contribution in [0.25, 0.3) is 0 Å². The molecule has 6 heteroatoms. The van der Waals surface area contributed by atoms with Crippen molar-refractivity contribution in [2.24, 2.45) is 5.10 Å². The van der Waals surface area contributed by atoms with Crippen LogP contribution in [-0.2, 0) is 6.42 Å². The van der Waals surface area contributed by atoms with E-state index in [0.717, 1.165) is 12.1 Å². The molecule has 1 aromatic rings. The normalized spacial score (nSPS) is 9.46. The molecule has 0 bridgehead atoms. The zero-order chi connectivity index (χ0) is 9.68.